The van der Waals surface area contributed by atoms with Crippen molar-refractivity contribution in [2.45, 2.75) is 64.5 Å². The van der Waals surface area contributed by atoms with Gasteiger partial charge >= 0.3 is 0 Å². The summed E-state index contributed by atoms with van der Waals surface area (Å²) in [4.78, 5) is 0. The Bertz CT molecular complexity index is 471. The molecule has 0 amide bonds. The molecule has 3 rings (SSSR count). The smallest absolute Gasteiger partial charge is 0.124 e. The van der Waals surface area contributed by atoms with Gasteiger partial charge in [-0.3, -0.25) is 0 Å². The van der Waals surface area contributed by atoms with Crippen LogP contribution in [-0.4, -0.2) is 12.1 Å². The van der Waals surface area contributed by atoms with Gasteiger partial charge in [-0.25, -0.2) is 0 Å². The van der Waals surface area contributed by atoms with E-state index in [1.54, 1.807) is 0 Å². The zero-order valence-electron chi connectivity index (χ0n) is 13.0. The first kappa shape index (κ1) is 13.9. The summed E-state index contributed by atoms with van der Waals surface area (Å²) in [5.41, 5.74) is 1.82. The van der Waals surface area contributed by atoms with Crippen LogP contribution in [0.5, 0.6) is 5.75 Å². The highest BCUT2D eigenvalue weighted by molar-refractivity contribution is 5.38. The van der Waals surface area contributed by atoms with Crippen LogP contribution in [0.15, 0.2) is 24.3 Å². The zero-order chi connectivity index (χ0) is 14.2. The Morgan fingerprint density at radius 1 is 1.25 bits per heavy atom. The van der Waals surface area contributed by atoms with E-state index in [4.69, 9.17) is 4.74 Å². The fraction of sp³-hybridized carbons (Fsp3) is 0.667. The standard InChI is InChI=1S/C18H27NO/c1-4-18(10-7-11-18)13-19-15-12-17(2,3)20-16-9-6-5-8-14(15)16/h5-6,8-9,15,19H,4,7,10-13H2,1-3H3. The van der Waals surface area contributed by atoms with Gasteiger partial charge < -0.3 is 10.1 Å². The van der Waals surface area contributed by atoms with E-state index in [0.717, 1.165) is 18.7 Å². The van der Waals surface area contributed by atoms with Gasteiger partial charge in [0.2, 0.25) is 0 Å². The molecule has 1 fully saturated rings. The van der Waals surface area contributed by atoms with E-state index >= 15 is 0 Å². The Balaban J connectivity index is 1.75. The number of fused-ring (bicyclic) bond motifs is 1. The van der Waals surface area contributed by atoms with E-state index in [1.807, 2.05) is 0 Å². The molecular weight excluding hydrogens is 246 g/mol. The summed E-state index contributed by atoms with van der Waals surface area (Å²) >= 11 is 0. The summed E-state index contributed by atoms with van der Waals surface area (Å²) in [5.74, 6) is 1.06. The lowest BCUT2D eigenvalue weighted by Gasteiger charge is -2.44. The van der Waals surface area contributed by atoms with Crippen molar-refractivity contribution in [2.75, 3.05) is 6.54 Å². The van der Waals surface area contributed by atoms with Crippen molar-refractivity contribution in [2.24, 2.45) is 5.41 Å². The van der Waals surface area contributed by atoms with Gasteiger partial charge in [0.05, 0.1) is 0 Å². The van der Waals surface area contributed by atoms with Crippen LogP contribution in [0.1, 0.15) is 64.5 Å². The molecule has 0 aromatic heterocycles. The van der Waals surface area contributed by atoms with Gasteiger partial charge in [0, 0.05) is 24.6 Å². The molecule has 2 nitrogen and oxygen atoms in total. The Labute approximate surface area is 122 Å². The third-order valence-electron chi connectivity index (χ3n) is 5.26. The maximum Gasteiger partial charge on any atom is 0.124 e. The summed E-state index contributed by atoms with van der Waals surface area (Å²) in [6.45, 7) is 7.87. The van der Waals surface area contributed by atoms with Crippen molar-refractivity contribution in [3.8, 4) is 5.75 Å². The number of nitrogens with one attached hydrogen (secondary N) is 1. The minimum Gasteiger partial charge on any atom is -0.487 e. The summed E-state index contributed by atoms with van der Waals surface area (Å²) in [5, 5.41) is 3.85. The highest BCUT2D eigenvalue weighted by Crippen LogP contribution is 2.45. The summed E-state index contributed by atoms with van der Waals surface area (Å²) < 4.78 is 6.11. The molecule has 1 aromatic carbocycles. The predicted molar refractivity (Wildman–Crippen MR) is 83.1 cm³/mol. The Morgan fingerprint density at radius 3 is 2.65 bits per heavy atom. The van der Waals surface area contributed by atoms with Crippen molar-refractivity contribution >= 4 is 0 Å². The van der Waals surface area contributed by atoms with Crippen molar-refractivity contribution in [1.82, 2.24) is 5.32 Å². The van der Waals surface area contributed by atoms with Gasteiger partial charge in [-0.05, 0) is 44.6 Å². The first-order valence-corrected chi connectivity index (χ1v) is 8.05. The van der Waals surface area contributed by atoms with Crippen LogP contribution >= 0.6 is 0 Å². The third-order valence-corrected chi connectivity index (χ3v) is 5.26. The van der Waals surface area contributed by atoms with Gasteiger partial charge in [-0.1, -0.05) is 31.5 Å². The summed E-state index contributed by atoms with van der Waals surface area (Å²) in [6, 6.07) is 8.93. The third kappa shape index (κ3) is 2.58. The second kappa shape index (κ2) is 5.07. The molecule has 1 N–H and O–H groups in total. The molecule has 1 heterocycles. The quantitative estimate of drug-likeness (QED) is 0.874. The van der Waals surface area contributed by atoms with Crippen molar-refractivity contribution in [3.05, 3.63) is 29.8 Å². The average molecular weight is 273 g/mol. The van der Waals surface area contributed by atoms with Crippen LogP contribution in [0.3, 0.4) is 0 Å². The summed E-state index contributed by atoms with van der Waals surface area (Å²) in [7, 11) is 0. The predicted octanol–water partition coefficient (Wildman–Crippen LogP) is 4.46. The number of ether oxygens (including phenoxy) is 1. The second-order valence-corrected chi connectivity index (χ2v) is 7.24. The molecule has 0 spiro atoms. The van der Waals surface area contributed by atoms with Gasteiger partial charge in [0.1, 0.15) is 11.4 Å². The van der Waals surface area contributed by atoms with E-state index in [2.05, 4.69) is 50.4 Å². The van der Waals surface area contributed by atoms with Gasteiger partial charge in [0.15, 0.2) is 0 Å². The molecule has 110 valence electrons. The van der Waals surface area contributed by atoms with E-state index in [1.165, 1.54) is 31.2 Å². The molecule has 1 aliphatic carbocycles. The zero-order valence-corrected chi connectivity index (χ0v) is 13.0. The van der Waals surface area contributed by atoms with E-state index in [0.29, 0.717) is 11.5 Å². The molecule has 2 heteroatoms. The molecule has 1 aliphatic heterocycles. The van der Waals surface area contributed by atoms with Crippen molar-refractivity contribution in [1.29, 1.82) is 0 Å². The molecule has 0 saturated heterocycles. The highest BCUT2D eigenvalue weighted by atomic mass is 16.5. The van der Waals surface area contributed by atoms with Crippen LogP contribution in [0, 0.1) is 5.41 Å². The number of benzene rings is 1. The average Bonchev–Trinajstić information content (AvgIpc) is 2.36. The molecule has 1 saturated carbocycles. The number of rotatable bonds is 4. The molecular formula is C18H27NO. The fourth-order valence-corrected chi connectivity index (χ4v) is 3.66. The molecule has 0 radical (unpaired) electrons. The second-order valence-electron chi connectivity index (χ2n) is 7.24. The molecule has 1 aromatic rings. The lowest BCUT2D eigenvalue weighted by atomic mass is 9.67. The minimum atomic E-state index is -0.0784. The van der Waals surface area contributed by atoms with E-state index in [9.17, 15) is 0 Å². The Hall–Kier alpha value is -1.02. The SMILES string of the molecule is CCC1(CNC2CC(C)(C)Oc3ccccc32)CCC1. The van der Waals surface area contributed by atoms with Crippen LogP contribution in [0.25, 0.3) is 0 Å². The Morgan fingerprint density at radius 2 is 2.00 bits per heavy atom. The molecule has 1 unspecified atom stereocenters. The normalized spacial score (nSPS) is 26.2. The maximum atomic E-state index is 6.11. The monoisotopic (exact) mass is 273 g/mol. The molecule has 2 aliphatic rings. The van der Waals surface area contributed by atoms with Crippen molar-refractivity contribution < 1.29 is 4.74 Å². The number of para-hydroxylation sites is 1. The van der Waals surface area contributed by atoms with Crippen molar-refractivity contribution in [3.63, 3.8) is 0 Å². The Kier molecular flexibility index (Phi) is 3.53. The number of hydrogen-bond acceptors (Lipinski definition) is 2. The lowest BCUT2D eigenvalue weighted by molar-refractivity contribution is 0.0558. The first-order valence-electron chi connectivity index (χ1n) is 8.05. The highest BCUT2D eigenvalue weighted by Gasteiger charge is 2.38. The van der Waals surface area contributed by atoms with Crippen LogP contribution in [0.2, 0.25) is 0 Å². The molecule has 1 atom stereocenters. The fourth-order valence-electron chi connectivity index (χ4n) is 3.66. The largest absolute Gasteiger partial charge is 0.487 e. The number of hydrogen-bond donors (Lipinski definition) is 1. The van der Waals surface area contributed by atoms with E-state index in [-0.39, 0.29) is 5.60 Å². The molecule has 20 heavy (non-hydrogen) atoms. The van der Waals surface area contributed by atoms with Gasteiger partial charge in [-0.2, -0.15) is 0 Å². The van der Waals surface area contributed by atoms with Crippen LogP contribution < -0.4 is 10.1 Å². The minimum absolute atomic E-state index is 0.0784. The molecule has 0 bridgehead atoms. The topological polar surface area (TPSA) is 21.3 Å². The van der Waals surface area contributed by atoms with Crippen LogP contribution in [0.4, 0.5) is 0 Å². The maximum absolute atomic E-state index is 6.11. The van der Waals surface area contributed by atoms with E-state index < -0.39 is 0 Å². The van der Waals surface area contributed by atoms with Crippen LogP contribution in [-0.2, 0) is 0 Å². The van der Waals surface area contributed by atoms with Gasteiger partial charge in [-0.15, -0.1) is 0 Å². The van der Waals surface area contributed by atoms with Gasteiger partial charge in [0.25, 0.3) is 0 Å². The summed E-state index contributed by atoms with van der Waals surface area (Å²) in [6.07, 6.45) is 6.54. The lowest BCUT2D eigenvalue weighted by Crippen LogP contribution is -2.45. The first-order chi connectivity index (χ1) is 9.54.